The lowest BCUT2D eigenvalue weighted by Gasteiger charge is -2.17. The Bertz CT molecular complexity index is 677. The molecule has 116 valence electrons. The molecule has 0 unspecified atom stereocenters. The van der Waals surface area contributed by atoms with E-state index in [0.717, 1.165) is 22.4 Å². The zero-order valence-corrected chi connectivity index (χ0v) is 13.3. The van der Waals surface area contributed by atoms with Gasteiger partial charge in [0.1, 0.15) is 11.5 Å². The van der Waals surface area contributed by atoms with E-state index in [9.17, 15) is 0 Å². The van der Waals surface area contributed by atoms with Gasteiger partial charge in [-0.1, -0.05) is 24.8 Å². The molecule has 4 heteroatoms. The van der Waals surface area contributed by atoms with Crippen LogP contribution in [0.25, 0.3) is 5.57 Å². The fraction of sp³-hybridized carbons (Fsp3) is 0.222. The van der Waals surface area contributed by atoms with Gasteiger partial charge in [0, 0.05) is 17.2 Å². The molecule has 0 atom stereocenters. The van der Waals surface area contributed by atoms with E-state index in [1.54, 1.807) is 34.5 Å². The Morgan fingerprint density at radius 1 is 0.682 bits per heavy atom. The van der Waals surface area contributed by atoms with Gasteiger partial charge in [0.05, 0.1) is 28.4 Å². The molecule has 22 heavy (non-hydrogen) atoms. The van der Waals surface area contributed by atoms with Crippen molar-refractivity contribution in [1.82, 2.24) is 0 Å². The first-order valence-electron chi connectivity index (χ1n) is 6.79. The van der Waals surface area contributed by atoms with Crippen LogP contribution in [-0.2, 0) is 0 Å². The molecule has 2 rings (SSSR count). The third-order valence-corrected chi connectivity index (χ3v) is 3.46. The summed E-state index contributed by atoms with van der Waals surface area (Å²) in [5, 5.41) is 0. The number of methoxy groups -OCH3 is 4. The van der Waals surface area contributed by atoms with Crippen LogP contribution in [0.3, 0.4) is 0 Å². The van der Waals surface area contributed by atoms with Crippen molar-refractivity contribution in [1.29, 1.82) is 0 Å². The molecule has 0 saturated heterocycles. The maximum atomic E-state index is 5.47. The molecule has 0 aliphatic rings. The normalized spacial score (nSPS) is 10.0. The van der Waals surface area contributed by atoms with Crippen molar-refractivity contribution < 1.29 is 18.9 Å². The minimum atomic E-state index is 0.607. The van der Waals surface area contributed by atoms with Gasteiger partial charge in [-0.3, -0.25) is 0 Å². The van der Waals surface area contributed by atoms with E-state index in [-0.39, 0.29) is 0 Å². The minimum Gasteiger partial charge on any atom is -0.496 e. The van der Waals surface area contributed by atoms with Crippen molar-refractivity contribution in [2.45, 2.75) is 0 Å². The first kappa shape index (κ1) is 15.8. The van der Waals surface area contributed by atoms with Gasteiger partial charge in [0.15, 0.2) is 11.5 Å². The van der Waals surface area contributed by atoms with Crippen LogP contribution in [0.1, 0.15) is 11.1 Å². The first-order valence-corrected chi connectivity index (χ1v) is 6.79. The van der Waals surface area contributed by atoms with Gasteiger partial charge in [-0.2, -0.15) is 0 Å². The van der Waals surface area contributed by atoms with Crippen molar-refractivity contribution >= 4 is 5.57 Å². The minimum absolute atomic E-state index is 0.607. The smallest absolute Gasteiger partial charge is 0.164 e. The summed E-state index contributed by atoms with van der Waals surface area (Å²) in [4.78, 5) is 0. The zero-order valence-electron chi connectivity index (χ0n) is 13.3. The number of benzene rings is 2. The average molecular weight is 300 g/mol. The lowest BCUT2D eigenvalue weighted by molar-refractivity contribution is 0.348. The van der Waals surface area contributed by atoms with E-state index in [1.165, 1.54) is 0 Å². The fourth-order valence-corrected chi connectivity index (χ4v) is 2.30. The van der Waals surface area contributed by atoms with E-state index in [0.29, 0.717) is 17.2 Å². The summed E-state index contributed by atoms with van der Waals surface area (Å²) in [6, 6.07) is 11.4. The Balaban J connectivity index is 2.57. The van der Waals surface area contributed by atoms with Crippen molar-refractivity contribution in [2.24, 2.45) is 0 Å². The van der Waals surface area contributed by atoms with E-state index in [2.05, 4.69) is 6.58 Å². The Labute approximate surface area is 130 Å². The highest BCUT2D eigenvalue weighted by atomic mass is 16.5. The summed E-state index contributed by atoms with van der Waals surface area (Å²) in [6.45, 7) is 4.19. The van der Waals surface area contributed by atoms with Crippen LogP contribution in [0.15, 0.2) is 43.0 Å². The lowest BCUT2D eigenvalue weighted by atomic mass is 9.97. The first-order chi connectivity index (χ1) is 10.7. The van der Waals surface area contributed by atoms with Crippen molar-refractivity contribution in [2.75, 3.05) is 28.4 Å². The Hall–Kier alpha value is -2.62. The number of para-hydroxylation sites is 1. The summed E-state index contributed by atoms with van der Waals surface area (Å²) in [5.74, 6) is 2.64. The van der Waals surface area contributed by atoms with Gasteiger partial charge in [0.25, 0.3) is 0 Å². The maximum absolute atomic E-state index is 5.47. The van der Waals surface area contributed by atoms with Crippen molar-refractivity contribution in [3.8, 4) is 23.0 Å². The molecule has 0 aliphatic heterocycles. The number of ether oxygens (including phenoxy) is 4. The molecule has 0 spiro atoms. The predicted molar refractivity (Wildman–Crippen MR) is 87.2 cm³/mol. The summed E-state index contributed by atoms with van der Waals surface area (Å²) in [6.07, 6.45) is 0. The molecular weight excluding hydrogens is 280 g/mol. The molecule has 2 aromatic carbocycles. The predicted octanol–water partition coefficient (Wildman–Crippen LogP) is 3.78. The summed E-state index contributed by atoms with van der Waals surface area (Å²) in [5.41, 5.74) is 2.51. The molecule has 0 amide bonds. The van der Waals surface area contributed by atoms with Gasteiger partial charge >= 0.3 is 0 Å². The van der Waals surface area contributed by atoms with Crippen molar-refractivity contribution in [3.63, 3.8) is 0 Å². The monoisotopic (exact) mass is 300 g/mol. The molecule has 2 aromatic rings. The van der Waals surface area contributed by atoms with Crippen molar-refractivity contribution in [3.05, 3.63) is 54.1 Å². The number of rotatable bonds is 6. The molecule has 0 bridgehead atoms. The molecular formula is C18H20O4. The number of hydrogen-bond acceptors (Lipinski definition) is 4. The lowest BCUT2D eigenvalue weighted by Crippen LogP contribution is -1.98. The van der Waals surface area contributed by atoms with Crippen LogP contribution in [0.4, 0.5) is 0 Å². The van der Waals surface area contributed by atoms with E-state index < -0.39 is 0 Å². The van der Waals surface area contributed by atoms with Gasteiger partial charge in [-0.05, 0) is 17.7 Å². The van der Waals surface area contributed by atoms with Gasteiger partial charge in [-0.25, -0.2) is 0 Å². The van der Waals surface area contributed by atoms with Gasteiger partial charge in [0.2, 0.25) is 0 Å². The summed E-state index contributed by atoms with van der Waals surface area (Å²) in [7, 11) is 6.43. The highest BCUT2D eigenvalue weighted by molar-refractivity contribution is 5.85. The summed E-state index contributed by atoms with van der Waals surface area (Å²) >= 11 is 0. The van der Waals surface area contributed by atoms with Gasteiger partial charge < -0.3 is 18.9 Å². The third kappa shape index (κ3) is 2.86. The average Bonchev–Trinajstić information content (AvgIpc) is 2.59. The maximum Gasteiger partial charge on any atom is 0.164 e. The van der Waals surface area contributed by atoms with E-state index in [4.69, 9.17) is 18.9 Å². The van der Waals surface area contributed by atoms with Crippen LogP contribution in [0.2, 0.25) is 0 Å². The van der Waals surface area contributed by atoms with Crippen LogP contribution >= 0.6 is 0 Å². The van der Waals surface area contributed by atoms with Crippen LogP contribution in [0.5, 0.6) is 23.0 Å². The Morgan fingerprint density at radius 3 is 1.82 bits per heavy atom. The van der Waals surface area contributed by atoms with Crippen LogP contribution in [-0.4, -0.2) is 28.4 Å². The molecule has 0 fully saturated rings. The molecule has 0 aromatic heterocycles. The SMILES string of the molecule is C=C(c1ccccc1OC)c1cc(OC)c(OC)cc1OC. The Morgan fingerprint density at radius 2 is 1.23 bits per heavy atom. The standard InChI is InChI=1S/C18H20O4/c1-12(13-8-6-7-9-15(13)19-2)14-10-17(21-4)18(22-5)11-16(14)20-3/h6-11H,1H2,2-5H3. The largest absolute Gasteiger partial charge is 0.496 e. The number of hydrogen-bond donors (Lipinski definition) is 0. The molecule has 0 radical (unpaired) electrons. The molecule has 4 nitrogen and oxygen atoms in total. The molecule has 0 heterocycles. The molecule has 0 N–H and O–H groups in total. The fourth-order valence-electron chi connectivity index (χ4n) is 2.30. The van der Waals surface area contributed by atoms with Crippen LogP contribution in [0, 0.1) is 0 Å². The zero-order chi connectivity index (χ0) is 16.1. The third-order valence-electron chi connectivity index (χ3n) is 3.46. The van der Waals surface area contributed by atoms with Crippen LogP contribution < -0.4 is 18.9 Å². The second kappa shape index (κ2) is 6.89. The van der Waals surface area contributed by atoms with Gasteiger partial charge in [-0.15, -0.1) is 0 Å². The van der Waals surface area contributed by atoms with E-state index in [1.807, 2.05) is 30.3 Å². The highest BCUT2D eigenvalue weighted by Gasteiger charge is 2.17. The second-order valence-corrected chi connectivity index (χ2v) is 4.59. The topological polar surface area (TPSA) is 36.9 Å². The van der Waals surface area contributed by atoms with E-state index >= 15 is 0 Å². The highest BCUT2D eigenvalue weighted by Crippen LogP contribution is 2.40. The Kier molecular flexibility index (Phi) is 4.94. The molecule has 0 aliphatic carbocycles. The summed E-state index contributed by atoms with van der Waals surface area (Å²) < 4.78 is 21.5. The molecule has 0 saturated carbocycles. The second-order valence-electron chi connectivity index (χ2n) is 4.59. The quantitative estimate of drug-likeness (QED) is 0.813.